The highest BCUT2D eigenvalue weighted by Gasteiger charge is 2.50. The number of ketones is 2. The Bertz CT molecular complexity index is 595. The van der Waals surface area contributed by atoms with Crippen LogP contribution in [0.4, 0.5) is 0 Å². The highest BCUT2D eigenvalue weighted by Crippen LogP contribution is 2.31. The Kier molecular flexibility index (Phi) is 3.94. The summed E-state index contributed by atoms with van der Waals surface area (Å²) in [5.74, 6) is -0.512. The van der Waals surface area contributed by atoms with E-state index in [2.05, 4.69) is 5.32 Å². The van der Waals surface area contributed by atoms with Crippen molar-refractivity contribution in [3.05, 3.63) is 28.8 Å². The number of aromatic hydroxyl groups is 1. The zero-order valence-corrected chi connectivity index (χ0v) is 14.2. The molecule has 0 atom stereocenters. The van der Waals surface area contributed by atoms with Gasteiger partial charge in [-0.05, 0) is 64.7 Å². The van der Waals surface area contributed by atoms with E-state index in [4.69, 9.17) is 0 Å². The van der Waals surface area contributed by atoms with Gasteiger partial charge in [-0.3, -0.25) is 14.9 Å². The second-order valence-electron chi connectivity index (χ2n) is 7.44. The lowest BCUT2D eigenvalue weighted by molar-refractivity contribution is -0.145. The van der Waals surface area contributed by atoms with Gasteiger partial charge in [0.25, 0.3) is 0 Å². The standard InChI is InChI=1S/C18H25NO3/c1-10-7-12(8-11(2)14(10)20)9-13-15(21)17(3,4)19-18(5,6)16(13)22/h7-8,13,19-20H,9H2,1-6H3. The molecular weight excluding hydrogens is 278 g/mol. The van der Waals surface area contributed by atoms with E-state index in [1.165, 1.54) is 0 Å². The summed E-state index contributed by atoms with van der Waals surface area (Å²) in [6, 6.07) is 3.70. The quantitative estimate of drug-likeness (QED) is 0.824. The van der Waals surface area contributed by atoms with Crippen LogP contribution in [-0.4, -0.2) is 27.8 Å². The maximum Gasteiger partial charge on any atom is 0.163 e. The largest absolute Gasteiger partial charge is 0.507 e. The van der Waals surface area contributed by atoms with E-state index in [0.717, 1.165) is 16.7 Å². The molecule has 4 nitrogen and oxygen atoms in total. The molecule has 2 N–H and O–H groups in total. The summed E-state index contributed by atoms with van der Waals surface area (Å²) in [7, 11) is 0. The van der Waals surface area contributed by atoms with Gasteiger partial charge in [0, 0.05) is 0 Å². The summed E-state index contributed by atoms with van der Waals surface area (Å²) in [4.78, 5) is 25.3. The Morgan fingerprint density at radius 1 is 1.00 bits per heavy atom. The number of rotatable bonds is 2. The van der Waals surface area contributed by atoms with Crippen molar-refractivity contribution in [2.24, 2.45) is 5.92 Å². The number of hydrogen-bond donors (Lipinski definition) is 2. The smallest absolute Gasteiger partial charge is 0.163 e. The van der Waals surface area contributed by atoms with Gasteiger partial charge in [0.15, 0.2) is 11.6 Å². The maximum absolute atomic E-state index is 12.7. The van der Waals surface area contributed by atoms with Crippen molar-refractivity contribution in [2.45, 2.75) is 59.0 Å². The van der Waals surface area contributed by atoms with E-state index in [0.29, 0.717) is 6.42 Å². The molecule has 0 saturated carbocycles. The highest BCUT2D eigenvalue weighted by atomic mass is 16.3. The molecule has 1 saturated heterocycles. The number of aryl methyl sites for hydroxylation is 2. The molecule has 22 heavy (non-hydrogen) atoms. The minimum atomic E-state index is -0.719. The van der Waals surface area contributed by atoms with Crippen LogP contribution < -0.4 is 5.32 Å². The van der Waals surface area contributed by atoms with E-state index >= 15 is 0 Å². The molecule has 4 heteroatoms. The number of carbonyl (C=O) groups is 2. The fourth-order valence-corrected chi connectivity index (χ4v) is 3.48. The first-order valence-corrected chi connectivity index (χ1v) is 7.63. The van der Waals surface area contributed by atoms with Crippen LogP contribution in [0.2, 0.25) is 0 Å². The maximum atomic E-state index is 12.7. The lowest BCUT2D eigenvalue weighted by Gasteiger charge is -2.43. The lowest BCUT2D eigenvalue weighted by atomic mass is 9.71. The van der Waals surface area contributed by atoms with E-state index in [-0.39, 0.29) is 17.3 Å². The summed E-state index contributed by atoms with van der Waals surface area (Å²) in [5.41, 5.74) is 1.00. The van der Waals surface area contributed by atoms with E-state index in [1.54, 1.807) is 0 Å². The zero-order chi connectivity index (χ0) is 16.9. The number of nitrogens with one attached hydrogen (secondary N) is 1. The Morgan fingerprint density at radius 2 is 1.41 bits per heavy atom. The Hall–Kier alpha value is -1.68. The highest BCUT2D eigenvalue weighted by molar-refractivity contribution is 6.12. The SMILES string of the molecule is Cc1cc(CC2C(=O)C(C)(C)NC(C)(C)C2=O)cc(C)c1O. The molecule has 0 aromatic heterocycles. The van der Waals surface area contributed by atoms with Crippen molar-refractivity contribution in [3.63, 3.8) is 0 Å². The van der Waals surface area contributed by atoms with Crippen LogP contribution in [0.1, 0.15) is 44.4 Å². The molecule has 120 valence electrons. The van der Waals surface area contributed by atoms with Gasteiger partial charge in [-0.2, -0.15) is 0 Å². The monoisotopic (exact) mass is 303 g/mol. The molecule has 1 heterocycles. The molecule has 0 spiro atoms. The van der Waals surface area contributed by atoms with Gasteiger partial charge in [-0.15, -0.1) is 0 Å². The van der Waals surface area contributed by atoms with Gasteiger partial charge < -0.3 is 5.11 Å². The molecule has 1 aromatic carbocycles. The molecule has 0 aliphatic carbocycles. The van der Waals surface area contributed by atoms with Crippen LogP contribution in [0, 0.1) is 19.8 Å². The molecule has 1 aliphatic rings. The Labute approximate surface area is 131 Å². The average Bonchev–Trinajstić information content (AvgIpc) is 2.38. The molecule has 0 amide bonds. The summed E-state index contributed by atoms with van der Waals surface area (Å²) < 4.78 is 0. The zero-order valence-electron chi connectivity index (χ0n) is 14.2. The first kappa shape index (κ1) is 16.7. The Morgan fingerprint density at radius 3 is 1.82 bits per heavy atom. The number of Topliss-reactive ketones (excluding diaryl/α,β-unsaturated/α-hetero) is 2. The second-order valence-corrected chi connectivity index (χ2v) is 7.44. The van der Waals surface area contributed by atoms with E-state index < -0.39 is 17.0 Å². The number of phenolic OH excluding ortho intramolecular Hbond substituents is 1. The van der Waals surface area contributed by atoms with Gasteiger partial charge in [0.2, 0.25) is 0 Å². The minimum absolute atomic E-state index is 0.0693. The molecule has 0 radical (unpaired) electrons. The summed E-state index contributed by atoms with van der Waals surface area (Å²) in [6.45, 7) is 10.9. The summed E-state index contributed by atoms with van der Waals surface area (Å²) >= 11 is 0. The number of phenols is 1. The van der Waals surface area contributed by atoms with Crippen molar-refractivity contribution in [2.75, 3.05) is 0 Å². The molecular formula is C18H25NO3. The average molecular weight is 303 g/mol. The third kappa shape index (κ3) is 2.80. The number of benzene rings is 1. The minimum Gasteiger partial charge on any atom is -0.507 e. The van der Waals surface area contributed by atoms with E-state index in [1.807, 2.05) is 53.7 Å². The van der Waals surface area contributed by atoms with Crippen LogP contribution in [0.15, 0.2) is 12.1 Å². The Balaban J connectivity index is 2.38. The topological polar surface area (TPSA) is 66.4 Å². The van der Waals surface area contributed by atoms with Crippen LogP contribution in [0.5, 0.6) is 5.75 Å². The fourth-order valence-electron chi connectivity index (χ4n) is 3.48. The molecule has 1 aromatic rings. The van der Waals surface area contributed by atoms with Crippen LogP contribution >= 0.6 is 0 Å². The van der Waals surface area contributed by atoms with Crippen molar-refractivity contribution < 1.29 is 14.7 Å². The van der Waals surface area contributed by atoms with Crippen molar-refractivity contribution in [1.29, 1.82) is 0 Å². The van der Waals surface area contributed by atoms with Gasteiger partial charge in [0.1, 0.15) is 5.75 Å². The molecule has 0 unspecified atom stereocenters. The molecule has 1 fully saturated rings. The molecule has 0 bridgehead atoms. The first-order valence-electron chi connectivity index (χ1n) is 7.63. The van der Waals surface area contributed by atoms with Crippen LogP contribution in [0.3, 0.4) is 0 Å². The van der Waals surface area contributed by atoms with Crippen molar-refractivity contribution >= 4 is 11.6 Å². The number of piperidine rings is 1. The summed E-state index contributed by atoms with van der Waals surface area (Å²) in [5, 5.41) is 13.0. The van der Waals surface area contributed by atoms with E-state index in [9.17, 15) is 14.7 Å². The van der Waals surface area contributed by atoms with Crippen LogP contribution in [-0.2, 0) is 16.0 Å². The fraction of sp³-hybridized carbons (Fsp3) is 0.556. The molecule has 2 rings (SSSR count). The normalized spacial score (nSPS) is 21.2. The van der Waals surface area contributed by atoms with Crippen molar-refractivity contribution in [1.82, 2.24) is 5.32 Å². The summed E-state index contributed by atoms with van der Waals surface area (Å²) in [6.07, 6.45) is 0.383. The molecule has 1 aliphatic heterocycles. The third-order valence-electron chi connectivity index (χ3n) is 4.48. The van der Waals surface area contributed by atoms with Gasteiger partial charge in [0.05, 0.1) is 17.0 Å². The van der Waals surface area contributed by atoms with Crippen LogP contribution in [0.25, 0.3) is 0 Å². The second kappa shape index (κ2) is 5.20. The predicted molar refractivity (Wildman–Crippen MR) is 86.1 cm³/mol. The lowest BCUT2D eigenvalue weighted by Crippen LogP contribution is -2.68. The van der Waals surface area contributed by atoms with Gasteiger partial charge in [-0.1, -0.05) is 12.1 Å². The first-order chi connectivity index (χ1) is 9.95. The predicted octanol–water partition coefficient (Wildman–Crippen LogP) is 2.47. The number of hydrogen-bond acceptors (Lipinski definition) is 4. The van der Waals surface area contributed by atoms with Gasteiger partial charge >= 0.3 is 0 Å². The van der Waals surface area contributed by atoms with Crippen molar-refractivity contribution in [3.8, 4) is 5.75 Å². The number of carbonyl (C=O) groups excluding carboxylic acids is 2. The third-order valence-corrected chi connectivity index (χ3v) is 4.48. The van der Waals surface area contributed by atoms with Gasteiger partial charge in [-0.25, -0.2) is 0 Å².